The molecule has 0 radical (unpaired) electrons. The van der Waals surface area contributed by atoms with Gasteiger partial charge in [-0.25, -0.2) is 4.79 Å². The molecule has 1 aliphatic heterocycles. The number of carbonyl (C=O) groups is 2. The van der Waals surface area contributed by atoms with Crippen LogP contribution in [0, 0.1) is 5.92 Å². The largest absolute Gasteiger partial charge is 0.481 e. The second kappa shape index (κ2) is 4.75. The highest BCUT2D eigenvalue weighted by Crippen LogP contribution is 2.18. The van der Waals surface area contributed by atoms with Crippen LogP contribution in [0.1, 0.15) is 5.56 Å². The zero-order valence-corrected chi connectivity index (χ0v) is 10.3. The number of carbonyl (C=O) groups excluding carboxylic acids is 1. The molecule has 92 valence electrons. The van der Waals surface area contributed by atoms with Gasteiger partial charge in [-0.3, -0.25) is 4.79 Å². The summed E-state index contributed by atoms with van der Waals surface area (Å²) in [5.41, 5.74) is 1.10. The van der Waals surface area contributed by atoms with Gasteiger partial charge in [0.05, 0.1) is 5.92 Å². The summed E-state index contributed by atoms with van der Waals surface area (Å²) in [6.07, 6.45) is 0. The molecule has 0 spiro atoms. The van der Waals surface area contributed by atoms with E-state index < -0.39 is 11.9 Å². The molecule has 0 aliphatic carbocycles. The van der Waals surface area contributed by atoms with E-state index in [4.69, 9.17) is 5.11 Å². The number of likely N-dealkylation sites (tertiary alicyclic amines) is 1. The van der Waals surface area contributed by atoms with Crippen LogP contribution in [0.15, 0.2) is 16.8 Å². The molecule has 5 nitrogen and oxygen atoms in total. The van der Waals surface area contributed by atoms with Crippen molar-refractivity contribution in [1.29, 1.82) is 0 Å². The van der Waals surface area contributed by atoms with Crippen molar-refractivity contribution in [2.45, 2.75) is 6.54 Å². The third-order valence-corrected chi connectivity index (χ3v) is 3.56. The first kappa shape index (κ1) is 11.9. The smallest absolute Gasteiger partial charge is 0.320 e. The minimum absolute atomic E-state index is 0.103. The molecule has 1 N–H and O–H groups in total. The fourth-order valence-electron chi connectivity index (χ4n) is 1.76. The standard InChI is InChI=1S/C11H14N2O3S/c1-12(4-8-2-3-17-7-8)11(16)13-5-9(6-13)10(14)15/h2-3,7,9H,4-6H2,1H3,(H,14,15). The Kier molecular flexibility index (Phi) is 3.33. The van der Waals surface area contributed by atoms with Crippen LogP contribution < -0.4 is 0 Å². The number of carboxylic acid groups (broad SMARTS) is 1. The number of aliphatic carboxylic acids is 1. The Balaban J connectivity index is 1.83. The SMILES string of the molecule is CN(Cc1ccsc1)C(=O)N1CC(C(=O)O)C1. The molecule has 2 heterocycles. The monoisotopic (exact) mass is 254 g/mol. The Labute approximate surface area is 103 Å². The van der Waals surface area contributed by atoms with E-state index in [-0.39, 0.29) is 6.03 Å². The Morgan fingerprint density at radius 2 is 2.29 bits per heavy atom. The van der Waals surface area contributed by atoms with Gasteiger partial charge < -0.3 is 14.9 Å². The number of urea groups is 1. The molecular weight excluding hydrogens is 240 g/mol. The number of hydrogen-bond acceptors (Lipinski definition) is 3. The minimum atomic E-state index is -0.825. The molecule has 0 bridgehead atoms. The van der Waals surface area contributed by atoms with E-state index >= 15 is 0 Å². The van der Waals surface area contributed by atoms with Gasteiger partial charge in [0, 0.05) is 26.7 Å². The number of carboxylic acids is 1. The quantitative estimate of drug-likeness (QED) is 0.884. The van der Waals surface area contributed by atoms with Crippen molar-refractivity contribution in [3.63, 3.8) is 0 Å². The molecule has 1 fully saturated rings. The molecule has 0 unspecified atom stereocenters. The lowest BCUT2D eigenvalue weighted by molar-refractivity contribution is -0.146. The topological polar surface area (TPSA) is 60.9 Å². The fourth-order valence-corrected chi connectivity index (χ4v) is 2.42. The molecule has 2 amide bonds. The van der Waals surface area contributed by atoms with E-state index in [1.807, 2.05) is 16.8 Å². The van der Waals surface area contributed by atoms with Gasteiger partial charge in [0.15, 0.2) is 0 Å². The van der Waals surface area contributed by atoms with Crippen molar-refractivity contribution in [2.24, 2.45) is 5.92 Å². The van der Waals surface area contributed by atoms with Crippen LogP contribution in [-0.4, -0.2) is 47.0 Å². The second-order valence-electron chi connectivity index (χ2n) is 4.21. The summed E-state index contributed by atoms with van der Waals surface area (Å²) < 4.78 is 0. The first-order chi connectivity index (χ1) is 8.08. The lowest BCUT2D eigenvalue weighted by Gasteiger charge is -2.38. The summed E-state index contributed by atoms with van der Waals surface area (Å²) in [6, 6.07) is 1.87. The molecule has 1 aromatic heterocycles. The van der Waals surface area contributed by atoms with Crippen molar-refractivity contribution < 1.29 is 14.7 Å². The second-order valence-corrected chi connectivity index (χ2v) is 4.99. The van der Waals surface area contributed by atoms with E-state index in [1.165, 1.54) is 0 Å². The average molecular weight is 254 g/mol. The predicted octanol–water partition coefficient (Wildman–Crippen LogP) is 1.32. The summed E-state index contributed by atoms with van der Waals surface area (Å²) in [6.45, 7) is 1.21. The predicted molar refractivity (Wildman–Crippen MR) is 63.9 cm³/mol. The lowest BCUT2D eigenvalue weighted by atomic mass is 10.0. The lowest BCUT2D eigenvalue weighted by Crippen LogP contribution is -2.56. The van der Waals surface area contributed by atoms with E-state index in [1.54, 1.807) is 28.2 Å². The summed E-state index contributed by atoms with van der Waals surface area (Å²) in [4.78, 5) is 25.7. The molecule has 1 aliphatic rings. The number of thiophene rings is 1. The van der Waals surface area contributed by atoms with E-state index in [0.29, 0.717) is 19.6 Å². The molecule has 0 saturated carbocycles. The Morgan fingerprint density at radius 3 is 2.82 bits per heavy atom. The van der Waals surface area contributed by atoms with Gasteiger partial charge in [0.1, 0.15) is 0 Å². The summed E-state index contributed by atoms with van der Waals surface area (Å²) in [5.74, 6) is -1.22. The zero-order valence-electron chi connectivity index (χ0n) is 9.50. The maximum Gasteiger partial charge on any atom is 0.320 e. The van der Waals surface area contributed by atoms with Gasteiger partial charge in [-0.1, -0.05) is 0 Å². The van der Waals surface area contributed by atoms with Crippen LogP contribution >= 0.6 is 11.3 Å². The first-order valence-electron chi connectivity index (χ1n) is 5.32. The van der Waals surface area contributed by atoms with Crippen LogP contribution in [0.2, 0.25) is 0 Å². The minimum Gasteiger partial charge on any atom is -0.481 e. The fraction of sp³-hybridized carbons (Fsp3) is 0.455. The highest BCUT2D eigenvalue weighted by atomic mass is 32.1. The summed E-state index contributed by atoms with van der Waals surface area (Å²) in [5, 5.41) is 12.7. The van der Waals surface area contributed by atoms with E-state index in [2.05, 4.69) is 0 Å². The Hall–Kier alpha value is -1.56. The molecule has 6 heteroatoms. The van der Waals surface area contributed by atoms with Crippen molar-refractivity contribution in [3.8, 4) is 0 Å². The highest BCUT2D eigenvalue weighted by Gasteiger charge is 2.36. The van der Waals surface area contributed by atoms with Gasteiger partial charge in [0.2, 0.25) is 0 Å². The maximum absolute atomic E-state index is 11.9. The molecule has 1 saturated heterocycles. The van der Waals surface area contributed by atoms with E-state index in [0.717, 1.165) is 5.56 Å². The van der Waals surface area contributed by atoms with Crippen LogP contribution in [-0.2, 0) is 11.3 Å². The van der Waals surface area contributed by atoms with Crippen molar-refractivity contribution >= 4 is 23.3 Å². The molecule has 17 heavy (non-hydrogen) atoms. The van der Waals surface area contributed by atoms with Crippen molar-refractivity contribution in [1.82, 2.24) is 9.80 Å². The molecule has 0 atom stereocenters. The molecule has 0 aromatic carbocycles. The highest BCUT2D eigenvalue weighted by molar-refractivity contribution is 7.07. The van der Waals surface area contributed by atoms with Gasteiger partial charge in [-0.2, -0.15) is 11.3 Å². The third-order valence-electron chi connectivity index (χ3n) is 2.83. The molecule has 2 rings (SSSR count). The van der Waals surface area contributed by atoms with E-state index in [9.17, 15) is 9.59 Å². The first-order valence-corrected chi connectivity index (χ1v) is 6.26. The number of rotatable bonds is 3. The summed E-state index contributed by atoms with van der Waals surface area (Å²) >= 11 is 1.60. The third kappa shape index (κ3) is 2.58. The van der Waals surface area contributed by atoms with Crippen molar-refractivity contribution in [3.05, 3.63) is 22.4 Å². The van der Waals surface area contributed by atoms with Crippen LogP contribution in [0.3, 0.4) is 0 Å². The number of amides is 2. The number of hydrogen-bond donors (Lipinski definition) is 1. The molecular formula is C11H14N2O3S. The van der Waals surface area contributed by atoms with Gasteiger partial charge in [-0.15, -0.1) is 0 Å². The van der Waals surface area contributed by atoms with Gasteiger partial charge in [-0.05, 0) is 22.4 Å². The van der Waals surface area contributed by atoms with Crippen LogP contribution in [0.5, 0.6) is 0 Å². The van der Waals surface area contributed by atoms with Gasteiger partial charge >= 0.3 is 12.0 Å². The summed E-state index contributed by atoms with van der Waals surface area (Å²) in [7, 11) is 1.73. The Morgan fingerprint density at radius 1 is 1.59 bits per heavy atom. The maximum atomic E-state index is 11.9. The Bertz CT molecular complexity index is 412. The van der Waals surface area contributed by atoms with Gasteiger partial charge in [0.25, 0.3) is 0 Å². The average Bonchev–Trinajstić information content (AvgIpc) is 2.67. The van der Waals surface area contributed by atoms with Crippen LogP contribution in [0.4, 0.5) is 4.79 Å². The normalized spacial score (nSPS) is 15.5. The zero-order chi connectivity index (χ0) is 12.4. The van der Waals surface area contributed by atoms with Crippen molar-refractivity contribution in [2.75, 3.05) is 20.1 Å². The van der Waals surface area contributed by atoms with Crippen LogP contribution in [0.25, 0.3) is 0 Å². The number of nitrogens with zero attached hydrogens (tertiary/aromatic N) is 2. The molecule has 1 aromatic rings.